The van der Waals surface area contributed by atoms with Gasteiger partial charge in [0.1, 0.15) is 12.2 Å². The normalized spacial score (nSPS) is 10.7. The van der Waals surface area contributed by atoms with E-state index in [0.29, 0.717) is 13.1 Å². The fourth-order valence-electron chi connectivity index (χ4n) is 1.73. The third kappa shape index (κ3) is 3.04. The first-order valence-corrected chi connectivity index (χ1v) is 6.04. The first kappa shape index (κ1) is 12.5. The van der Waals surface area contributed by atoms with E-state index in [1.54, 1.807) is 29.2 Å². The van der Waals surface area contributed by atoms with Gasteiger partial charge in [-0.25, -0.2) is 0 Å². The number of hydrogen-bond acceptors (Lipinski definition) is 4. The highest BCUT2D eigenvalue weighted by atomic mass is 16.1. The summed E-state index contributed by atoms with van der Waals surface area (Å²) >= 11 is 0. The van der Waals surface area contributed by atoms with E-state index in [2.05, 4.69) is 22.4 Å². The maximum absolute atomic E-state index is 11.5. The Balaban J connectivity index is 1.80. The maximum atomic E-state index is 11.5. The Morgan fingerprint density at radius 3 is 3.00 bits per heavy atom. The average Bonchev–Trinajstić information content (AvgIpc) is 2.84. The van der Waals surface area contributed by atoms with Crippen LogP contribution >= 0.6 is 0 Å². The molecule has 18 heavy (non-hydrogen) atoms. The minimum absolute atomic E-state index is 0.0241. The quantitative estimate of drug-likeness (QED) is 0.743. The summed E-state index contributed by atoms with van der Waals surface area (Å²) in [5.41, 5.74) is 0.0241. The zero-order chi connectivity index (χ0) is 12.8. The number of hydrogen-bond donors (Lipinski definition) is 1. The Bertz CT molecular complexity index is 545. The first-order valence-electron chi connectivity index (χ1n) is 6.04. The third-order valence-electron chi connectivity index (χ3n) is 2.75. The molecule has 96 valence electrons. The Labute approximate surface area is 105 Å². The third-order valence-corrected chi connectivity index (χ3v) is 2.75. The highest BCUT2D eigenvalue weighted by molar-refractivity contribution is 4.93. The van der Waals surface area contributed by atoms with Crippen molar-refractivity contribution in [2.75, 3.05) is 6.54 Å². The van der Waals surface area contributed by atoms with Crippen molar-refractivity contribution in [3.8, 4) is 0 Å². The van der Waals surface area contributed by atoms with Gasteiger partial charge in [-0.05, 0) is 13.0 Å². The minimum atomic E-state index is 0.0241. The van der Waals surface area contributed by atoms with Crippen molar-refractivity contribution in [2.45, 2.75) is 26.6 Å². The second kappa shape index (κ2) is 6.11. The molecule has 6 heteroatoms. The smallest absolute Gasteiger partial charge is 0.250 e. The highest BCUT2D eigenvalue weighted by Gasteiger charge is 2.01. The second-order valence-corrected chi connectivity index (χ2v) is 3.94. The molecule has 0 aliphatic rings. The predicted molar refractivity (Wildman–Crippen MR) is 68.1 cm³/mol. The van der Waals surface area contributed by atoms with E-state index >= 15 is 0 Å². The number of pyridine rings is 1. The van der Waals surface area contributed by atoms with Gasteiger partial charge in [0.2, 0.25) is 0 Å². The molecule has 0 amide bonds. The summed E-state index contributed by atoms with van der Waals surface area (Å²) in [6.07, 6.45) is 3.51. The van der Waals surface area contributed by atoms with Gasteiger partial charge >= 0.3 is 0 Å². The minimum Gasteiger partial charge on any atom is -0.317 e. The molecule has 0 fully saturated rings. The van der Waals surface area contributed by atoms with Gasteiger partial charge in [-0.3, -0.25) is 4.79 Å². The molecular formula is C12H17N5O. The molecule has 0 saturated carbocycles. The van der Waals surface area contributed by atoms with E-state index in [1.165, 1.54) is 0 Å². The van der Waals surface area contributed by atoms with Crippen LogP contribution in [0.3, 0.4) is 0 Å². The molecule has 0 saturated heterocycles. The number of aromatic nitrogens is 4. The molecule has 0 bridgehead atoms. The van der Waals surface area contributed by atoms with Crippen LogP contribution in [0.25, 0.3) is 0 Å². The SMILES string of the molecule is CCn1cnnc1CNCCn1ccccc1=O. The topological polar surface area (TPSA) is 64.7 Å². The lowest BCUT2D eigenvalue weighted by Gasteiger charge is -2.07. The fraction of sp³-hybridized carbons (Fsp3) is 0.417. The highest BCUT2D eigenvalue weighted by Crippen LogP contribution is 1.93. The number of nitrogens with zero attached hydrogens (tertiary/aromatic N) is 4. The van der Waals surface area contributed by atoms with Crippen LogP contribution in [0, 0.1) is 0 Å². The molecule has 6 nitrogen and oxygen atoms in total. The van der Waals surface area contributed by atoms with Crippen LogP contribution < -0.4 is 10.9 Å². The van der Waals surface area contributed by atoms with Crippen molar-refractivity contribution in [3.05, 3.63) is 46.9 Å². The molecule has 1 N–H and O–H groups in total. The van der Waals surface area contributed by atoms with E-state index in [1.807, 2.05) is 10.6 Å². The fourth-order valence-corrected chi connectivity index (χ4v) is 1.73. The van der Waals surface area contributed by atoms with Crippen LogP contribution in [-0.2, 0) is 19.6 Å². The molecule has 2 aromatic heterocycles. The molecule has 0 aliphatic heterocycles. The summed E-state index contributed by atoms with van der Waals surface area (Å²) in [5, 5.41) is 11.1. The van der Waals surface area contributed by atoms with Crippen molar-refractivity contribution >= 4 is 0 Å². The van der Waals surface area contributed by atoms with Crippen LogP contribution in [-0.4, -0.2) is 25.9 Å². The lowest BCUT2D eigenvalue weighted by atomic mass is 10.4. The molecule has 0 unspecified atom stereocenters. The van der Waals surface area contributed by atoms with Crippen molar-refractivity contribution in [3.63, 3.8) is 0 Å². The van der Waals surface area contributed by atoms with E-state index in [4.69, 9.17) is 0 Å². The molecular weight excluding hydrogens is 230 g/mol. The summed E-state index contributed by atoms with van der Waals surface area (Å²) in [5.74, 6) is 0.915. The molecule has 0 aliphatic carbocycles. The monoisotopic (exact) mass is 247 g/mol. The Morgan fingerprint density at radius 2 is 2.22 bits per heavy atom. The van der Waals surface area contributed by atoms with Crippen LogP contribution in [0.1, 0.15) is 12.7 Å². The van der Waals surface area contributed by atoms with E-state index in [-0.39, 0.29) is 5.56 Å². The van der Waals surface area contributed by atoms with Gasteiger partial charge in [0.15, 0.2) is 0 Å². The Hall–Kier alpha value is -1.95. The zero-order valence-corrected chi connectivity index (χ0v) is 10.4. The summed E-state index contributed by atoms with van der Waals surface area (Å²) in [6.45, 7) is 4.95. The molecule has 0 atom stereocenters. The van der Waals surface area contributed by atoms with Gasteiger partial charge in [0, 0.05) is 31.9 Å². The van der Waals surface area contributed by atoms with Crippen molar-refractivity contribution in [1.29, 1.82) is 0 Å². The second-order valence-electron chi connectivity index (χ2n) is 3.94. The number of aryl methyl sites for hydroxylation is 1. The molecule has 0 radical (unpaired) electrons. The Morgan fingerprint density at radius 1 is 1.33 bits per heavy atom. The summed E-state index contributed by atoms with van der Waals surface area (Å²) in [7, 11) is 0. The largest absolute Gasteiger partial charge is 0.317 e. The molecule has 2 rings (SSSR count). The maximum Gasteiger partial charge on any atom is 0.250 e. The van der Waals surface area contributed by atoms with Gasteiger partial charge in [0.05, 0.1) is 6.54 Å². The number of rotatable bonds is 6. The predicted octanol–water partition coefficient (Wildman–Crippen LogP) is 0.249. The van der Waals surface area contributed by atoms with Gasteiger partial charge in [-0.1, -0.05) is 6.07 Å². The van der Waals surface area contributed by atoms with E-state index in [9.17, 15) is 4.79 Å². The molecule has 2 aromatic rings. The Kier molecular flexibility index (Phi) is 4.25. The van der Waals surface area contributed by atoms with Crippen LogP contribution in [0.4, 0.5) is 0 Å². The first-order chi connectivity index (χ1) is 8.81. The van der Waals surface area contributed by atoms with Crippen molar-refractivity contribution in [1.82, 2.24) is 24.6 Å². The van der Waals surface area contributed by atoms with Gasteiger partial charge < -0.3 is 14.5 Å². The van der Waals surface area contributed by atoms with Gasteiger partial charge in [0.25, 0.3) is 5.56 Å². The van der Waals surface area contributed by atoms with Crippen LogP contribution in [0.5, 0.6) is 0 Å². The lowest BCUT2D eigenvalue weighted by molar-refractivity contribution is 0.558. The average molecular weight is 247 g/mol. The standard InChI is InChI=1S/C12H17N5O/c1-2-16-10-14-15-11(16)9-13-6-8-17-7-4-3-5-12(17)18/h3-5,7,10,13H,2,6,8-9H2,1H3. The van der Waals surface area contributed by atoms with Crippen LogP contribution in [0.2, 0.25) is 0 Å². The lowest BCUT2D eigenvalue weighted by Crippen LogP contribution is -2.26. The summed E-state index contributed by atoms with van der Waals surface area (Å²) in [4.78, 5) is 11.5. The van der Waals surface area contributed by atoms with Gasteiger partial charge in [-0.15, -0.1) is 10.2 Å². The summed E-state index contributed by atoms with van der Waals surface area (Å²) in [6, 6.07) is 5.17. The summed E-state index contributed by atoms with van der Waals surface area (Å²) < 4.78 is 3.67. The number of nitrogens with one attached hydrogen (secondary N) is 1. The van der Waals surface area contributed by atoms with Crippen LogP contribution in [0.15, 0.2) is 35.5 Å². The molecule has 2 heterocycles. The zero-order valence-electron chi connectivity index (χ0n) is 10.4. The van der Waals surface area contributed by atoms with Crippen molar-refractivity contribution < 1.29 is 0 Å². The van der Waals surface area contributed by atoms with Gasteiger partial charge in [-0.2, -0.15) is 0 Å². The van der Waals surface area contributed by atoms with E-state index < -0.39 is 0 Å². The van der Waals surface area contributed by atoms with Crippen molar-refractivity contribution in [2.24, 2.45) is 0 Å². The van der Waals surface area contributed by atoms with E-state index in [0.717, 1.165) is 18.9 Å². The molecule has 0 aromatic carbocycles. The molecule has 0 spiro atoms.